The zero-order valence-corrected chi connectivity index (χ0v) is 22.0. The maximum atomic E-state index is 14.8. The van der Waals surface area contributed by atoms with Crippen LogP contribution in [0, 0.1) is 11.6 Å². The zero-order chi connectivity index (χ0) is 27.7. The van der Waals surface area contributed by atoms with Crippen LogP contribution in [0.15, 0.2) is 77.6 Å². The van der Waals surface area contributed by atoms with Gasteiger partial charge < -0.3 is 16.4 Å². The average Bonchev–Trinajstić information content (AvgIpc) is 3.06. The zero-order valence-electron chi connectivity index (χ0n) is 21.2. The molecule has 0 fully saturated rings. The molecule has 1 aromatic heterocycles. The molecule has 7 nitrogen and oxygen atoms in total. The summed E-state index contributed by atoms with van der Waals surface area (Å²) in [6.45, 7) is 4.01. The van der Waals surface area contributed by atoms with Gasteiger partial charge in [0.2, 0.25) is 5.95 Å². The summed E-state index contributed by atoms with van der Waals surface area (Å²) in [5.74, 6) is -1.32. The number of hydrogen-bond donors (Lipinski definition) is 3. The molecule has 1 aliphatic carbocycles. The van der Waals surface area contributed by atoms with Crippen molar-refractivity contribution in [3.05, 3.63) is 107 Å². The lowest BCUT2D eigenvalue weighted by Crippen LogP contribution is -2.45. The van der Waals surface area contributed by atoms with E-state index in [1.807, 2.05) is 19.9 Å². The summed E-state index contributed by atoms with van der Waals surface area (Å²) in [6, 6.07) is 10.6. The van der Waals surface area contributed by atoms with Crippen molar-refractivity contribution in [2.24, 2.45) is 10.7 Å². The van der Waals surface area contributed by atoms with Crippen LogP contribution in [-0.2, 0) is 6.42 Å². The van der Waals surface area contributed by atoms with Crippen molar-refractivity contribution in [1.82, 2.24) is 15.3 Å². The van der Waals surface area contributed by atoms with Crippen LogP contribution >= 0.6 is 11.6 Å². The molecule has 0 spiro atoms. The van der Waals surface area contributed by atoms with Crippen molar-refractivity contribution in [1.29, 1.82) is 0 Å². The Morgan fingerprint density at radius 3 is 2.49 bits per heavy atom. The smallest absolute Gasteiger partial charge is 0.251 e. The van der Waals surface area contributed by atoms with Gasteiger partial charge in [-0.3, -0.25) is 4.79 Å². The number of anilines is 2. The van der Waals surface area contributed by atoms with Crippen molar-refractivity contribution >= 4 is 45.5 Å². The topological polar surface area (TPSA) is 105 Å². The van der Waals surface area contributed by atoms with Gasteiger partial charge >= 0.3 is 0 Å². The Balaban J connectivity index is 1.41. The van der Waals surface area contributed by atoms with Crippen molar-refractivity contribution in [3.8, 4) is 0 Å². The number of nitrogens with one attached hydrogen (secondary N) is 2. The summed E-state index contributed by atoms with van der Waals surface area (Å²) in [6.07, 6.45) is 7.01. The minimum absolute atomic E-state index is 0.0866. The number of nitrogens with two attached hydrogens (primary N) is 1. The third-order valence-corrected chi connectivity index (χ3v) is 6.35. The summed E-state index contributed by atoms with van der Waals surface area (Å²) < 4.78 is 29.5. The van der Waals surface area contributed by atoms with E-state index < -0.39 is 17.2 Å². The average molecular weight is 547 g/mol. The highest BCUT2D eigenvalue weighted by Gasteiger charge is 2.27. The highest BCUT2D eigenvalue weighted by atomic mass is 35.5. The van der Waals surface area contributed by atoms with Crippen LogP contribution in [0.3, 0.4) is 0 Å². The Labute approximate surface area is 229 Å². The Morgan fingerprint density at radius 2 is 1.79 bits per heavy atom. The molecule has 0 atom stereocenters. The molecule has 10 heteroatoms. The lowest BCUT2D eigenvalue weighted by atomic mass is 9.84. The second kappa shape index (κ2) is 10.5. The highest BCUT2D eigenvalue weighted by Crippen LogP contribution is 2.41. The molecule has 1 amide bonds. The molecular formula is C29H25ClF2N6O. The van der Waals surface area contributed by atoms with Gasteiger partial charge in [0.05, 0.1) is 11.3 Å². The van der Waals surface area contributed by atoms with Crippen LogP contribution in [0.1, 0.15) is 41.0 Å². The number of benzene rings is 2. The van der Waals surface area contributed by atoms with Gasteiger partial charge in [0, 0.05) is 46.9 Å². The molecule has 3 aromatic rings. The predicted molar refractivity (Wildman–Crippen MR) is 150 cm³/mol. The van der Waals surface area contributed by atoms with E-state index in [9.17, 15) is 13.6 Å². The molecule has 4 N–H and O–H groups in total. The molecule has 198 valence electrons. The first-order valence-corrected chi connectivity index (χ1v) is 12.6. The van der Waals surface area contributed by atoms with Crippen LogP contribution in [0.2, 0.25) is 0 Å². The predicted octanol–water partition coefficient (Wildman–Crippen LogP) is 5.52. The number of rotatable bonds is 6. The third kappa shape index (κ3) is 5.79. The number of hydrogen-bond acceptors (Lipinski definition) is 6. The monoisotopic (exact) mass is 546 g/mol. The van der Waals surface area contributed by atoms with Gasteiger partial charge in [-0.15, -0.1) is 0 Å². The molecule has 2 aromatic carbocycles. The van der Waals surface area contributed by atoms with Crippen molar-refractivity contribution in [2.75, 3.05) is 11.9 Å². The molecule has 2 heterocycles. The van der Waals surface area contributed by atoms with Crippen LogP contribution < -0.4 is 16.4 Å². The maximum Gasteiger partial charge on any atom is 0.251 e. The number of nitrogens with zero attached hydrogens (tertiary/aromatic N) is 3. The first kappa shape index (κ1) is 26.4. The Kier molecular flexibility index (Phi) is 7.12. The Morgan fingerprint density at radius 1 is 1.08 bits per heavy atom. The van der Waals surface area contributed by atoms with E-state index in [-0.39, 0.29) is 22.2 Å². The van der Waals surface area contributed by atoms with Crippen LogP contribution in [0.25, 0.3) is 11.1 Å². The minimum Gasteiger partial charge on any atom is -0.350 e. The number of aliphatic imine (C=N–C) groups is 1. The number of fused-ring (bicyclic) bond motifs is 3. The molecule has 2 aliphatic rings. The van der Waals surface area contributed by atoms with E-state index in [4.69, 9.17) is 22.3 Å². The fourth-order valence-corrected chi connectivity index (χ4v) is 4.41. The third-order valence-electron chi connectivity index (χ3n) is 6.15. The lowest BCUT2D eigenvalue weighted by Gasteiger charge is -2.22. The van der Waals surface area contributed by atoms with E-state index in [0.29, 0.717) is 47.0 Å². The highest BCUT2D eigenvalue weighted by molar-refractivity contribution is 6.69. The summed E-state index contributed by atoms with van der Waals surface area (Å²) >= 11 is 6.26. The van der Waals surface area contributed by atoms with Crippen molar-refractivity contribution < 1.29 is 13.6 Å². The number of aromatic nitrogens is 2. The molecule has 0 unspecified atom stereocenters. The van der Waals surface area contributed by atoms with Gasteiger partial charge in [0.25, 0.3) is 5.91 Å². The van der Waals surface area contributed by atoms with Crippen LogP contribution in [0.5, 0.6) is 0 Å². The molecule has 0 radical (unpaired) electrons. The van der Waals surface area contributed by atoms with Crippen LogP contribution in [0.4, 0.5) is 20.4 Å². The van der Waals surface area contributed by atoms with Gasteiger partial charge in [-0.1, -0.05) is 23.7 Å². The number of halogens is 3. The largest absolute Gasteiger partial charge is 0.350 e. The fraction of sp³-hybridized carbons (Fsp3) is 0.172. The number of amides is 1. The molecule has 0 saturated carbocycles. The minimum atomic E-state index is -0.701. The second-order valence-corrected chi connectivity index (χ2v) is 10.3. The molecule has 1 aliphatic heterocycles. The van der Waals surface area contributed by atoms with E-state index in [1.165, 1.54) is 24.3 Å². The van der Waals surface area contributed by atoms with Gasteiger partial charge in [-0.05, 0) is 73.9 Å². The van der Waals surface area contributed by atoms with E-state index in [0.717, 1.165) is 5.56 Å². The summed E-state index contributed by atoms with van der Waals surface area (Å²) in [5, 5.41) is 6.03. The summed E-state index contributed by atoms with van der Waals surface area (Å²) in [4.78, 5) is 25.7. The van der Waals surface area contributed by atoms with Gasteiger partial charge in [0.15, 0.2) is 0 Å². The lowest BCUT2D eigenvalue weighted by molar-refractivity contribution is 0.0946. The van der Waals surface area contributed by atoms with Gasteiger partial charge in [-0.25, -0.2) is 23.7 Å². The van der Waals surface area contributed by atoms with Crippen molar-refractivity contribution in [3.63, 3.8) is 0 Å². The Bertz CT molecular complexity index is 1570. The van der Waals surface area contributed by atoms with E-state index in [1.54, 1.807) is 36.7 Å². The number of carbonyl (C=O) groups excluding carboxylic acids is 1. The van der Waals surface area contributed by atoms with E-state index in [2.05, 4.69) is 20.6 Å². The first-order valence-electron chi connectivity index (χ1n) is 12.2. The maximum absolute atomic E-state index is 14.8. The summed E-state index contributed by atoms with van der Waals surface area (Å²) in [7, 11) is 0. The normalized spacial score (nSPS) is 14.6. The Hall–Kier alpha value is -4.21. The van der Waals surface area contributed by atoms with Gasteiger partial charge in [0.1, 0.15) is 16.8 Å². The SMILES string of the molecule is CC(C)(N)CNC(=O)c1ccc(Nc2ncc3c(n2)C2=CN=C(Cl)C=C(c4c(F)cccc4F)C2=CC3)cc1. The molecule has 39 heavy (non-hydrogen) atoms. The van der Waals surface area contributed by atoms with Crippen molar-refractivity contribution in [2.45, 2.75) is 25.8 Å². The first-order chi connectivity index (χ1) is 18.6. The fourth-order valence-electron chi connectivity index (χ4n) is 4.25. The molecule has 5 rings (SSSR count). The number of carbonyl (C=O) groups is 1. The molecular weight excluding hydrogens is 522 g/mol. The summed E-state index contributed by atoms with van der Waals surface area (Å²) in [5.41, 5.74) is 9.22. The quantitative estimate of drug-likeness (QED) is 0.377. The van der Waals surface area contributed by atoms with Gasteiger partial charge in [-0.2, -0.15) is 0 Å². The molecule has 0 saturated heterocycles. The van der Waals surface area contributed by atoms with Crippen LogP contribution in [-0.4, -0.2) is 33.1 Å². The standard InChI is InChI=1S/C29H25ClF2N6O/c1-29(2,33)15-36-27(39)16-6-9-18(10-7-16)37-28-35-13-17-8-11-19-20(25-22(31)4-3-5-23(25)32)12-24(30)34-14-21(19)26(17)38-28/h3-7,9-14H,8,15,33H2,1-2H3,(H,36,39)(H,35,37,38). The molecule has 0 bridgehead atoms. The number of allylic oxidation sites excluding steroid dienone is 5. The second-order valence-electron chi connectivity index (χ2n) is 9.91. The van der Waals surface area contributed by atoms with E-state index >= 15 is 0 Å².